The maximum Gasteiger partial charge on any atom is 0.252 e. The van der Waals surface area contributed by atoms with Crippen LogP contribution >= 0.6 is 0 Å². The highest BCUT2D eigenvalue weighted by molar-refractivity contribution is 7.00. The van der Waals surface area contributed by atoms with Crippen molar-refractivity contribution in [3.63, 3.8) is 0 Å². The second kappa shape index (κ2) is 16.6. The van der Waals surface area contributed by atoms with Crippen LogP contribution in [0.5, 0.6) is 0 Å². The minimum atomic E-state index is 0.0246. The summed E-state index contributed by atoms with van der Waals surface area (Å²) >= 11 is 0. The molecule has 11 aromatic rings. The lowest BCUT2D eigenvalue weighted by Gasteiger charge is -2.48. The SMILES string of the molecule is CCC(C)(C)c1cc2c(c3c1CCCC3)N(c1ccc3c4ccccc4c4ccccc4c3c1)c1cccc3c1B2c1cc(C(C)(C)CC)c2c(c1N3c1ccc3c4ccccc4c4ccccc4c3c1)CCCC2. The molecule has 11 aromatic carbocycles. The van der Waals surface area contributed by atoms with E-state index in [1.54, 1.807) is 33.4 Å². The Morgan fingerprint density at radius 1 is 0.360 bits per heavy atom. The zero-order valence-electron chi connectivity index (χ0n) is 44.6. The number of nitrogens with zero attached hydrogens (tertiary/aromatic N) is 2. The third kappa shape index (κ3) is 6.40. The molecule has 0 radical (unpaired) electrons. The molecule has 2 heterocycles. The minimum Gasteiger partial charge on any atom is -0.311 e. The average Bonchev–Trinajstić information content (AvgIpc) is 3.57. The highest BCUT2D eigenvalue weighted by Crippen LogP contribution is 2.52. The first-order valence-electron chi connectivity index (χ1n) is 28.4. The fourth-order valence-corrected chi connectivity index (χ4v) is 15.0. The van der Waals surface area contributed by atoms with Crippen LogP contribution in [0.4, 0.5) is 34.1 Å². The predicted molar refractivity (Wildman–Crippen MR) is 325 cm³/mol. The first-order chi connectivity index (χ1) is 36.6. The molecule has 0 saturated heterocycles. The Balaban J connectivity index is 1.09. The van der Waals surface area contributed by atoms with Crippen LogP contribution in [0.15, 0.2) is 164 Å². The van der Waals surface area contributed by atoms with E-state index < -0.39 is 0 Å². The summed E-state index contributed by atoms with van der Waals surface area (Å²) in [7, 11) is 0. The predicted octanol–water partition coefficient (Wildman–Crippen LogP) is 17.8. The summed E-state index contributed by atoms with van der Waals surface area (Å²) in [4.78, 5) is 5.53. The van der Waals surface area contributed by atoms with Crippen LogP contribution in [0, 0.1) is 0 Å². The highest BCUT2D eigenvalue weighted by atomic mass is 15.2. The first kappa shape index (κ1) is 45.1. The molecule has 366 valence electrons. The molecule has 0 saturated carbocycles. The number of fused-ring (bicyclic) bond motifs is 20. The fourth-order valence-electron chi connectivity index (χ4n) is 15.0. The smallest absolute Gasteiger partial charge is 0.252 e. The molecule has 2 aliphatic heterocycles. The van der Waals surface area contributed by atoms with Crippen molar-refractivity contribution in [2.45, 2.75) is 117 Å². The fraction of sp³-hybridized carbons (Fsp3) is 0.250. The summed E-state index contributed by atoms with van der Waals surface area (Å²) in [5.74, 6) is 0. The van der Waals surface area contributed by atoms with Gasteiger partial charge < -0.3 is 9.80 Å². The van der Waals surface area contributed by atoms with E-state index in [2.05, 4.69) is 215 Å². The number of rotatable bonds is 6. The van der Waals surface area contributed by atoms with Crippen molar-refractivity contribution >= 4 is 122 Å². The molecule has 4 aliphatic rings. The molecular weight excluding hydrogens is 904 g/mol. The maximum atomic E-state index is 2.77. The van der Waals surface area contributed by atoms with Gasteiger partial charge in [-0.3, -0.25) is 0 Å². The molecule has 0 aromatic heterocycles. The second-order valence-electron chi connectivity index (χ2n) is 24.0. The summed E-state index contributed by atoms with van der Waals surface area (Å²) in [5, 5.41) is 15.8. The van der Waals surface area contributed by atoms with E-state index in [1.807, 2.05) is 0 Å². The third-order valence-corrected chi connectivity index (χ3v) is 19.4. The van der Waals surface area contributed by atoms with Gasteiger partial charge in [0.15, 0.2) is 0 Å². The highest BCUT2D eigenvalue weighted by Gasteiger charge is 2.47. The van der Waals surface area contributed by atoms with Gasteiger partial charge in [0.25, 0.3) is 6.71 Å². The van der Waals surface area contributed by atoms with Gasteiger partial charge in [0.2, 0.25) is 0 Å². The number of hydrogen-bond donors (Lipinski definition) is 0. The van der Waals surface area contributed by atoms with Crippen LogP contribution < -0.4 is 26.2 Å². The summed E-state index contributed by atoms with van der Waals surface area (Å²) in [6.45, 7) is 14.9. The molecule has 0 atom stereocenters. The Morgan fingerprint density at radius 3 is 1.03 bits per heavy atom. The molecular formula is C72H65BN2. The van der Waals surface area contributed by atoms with Crippen LogP contribution in [0.3, 0.4) is 0 Å². The Morgan fingerprint density at radius 2 is 0.680 bits per heavy atom. The van der Waals surface area contributed by atoms with Crippen molar-refractivity contribution < 1.29 is 0 Å². The van der Waals surface area contributed by atoms with Crippen molar-refractivity contribution in [2.24, 2.45) is 0 Å². The molecule has 0 bridgehead atoms. The topological polar surface area (TPSA) is 6.48 Å². The Kier molecular flexibility index (Phi) is 9.96. The van der Waals surface area contributed by atoms with E-state index in [0.29, 0.717) is 0 Å². The first-order valence-corrected chi connectivity index (χ1v) is 28.4. The van der Waals surface area contributed by atoms with Crippen molar-refractivity contribution in [3.8, 4) is 0 Å². The summed E-state index contributed by atoms with van der Waals surface area (Å²) in [5.41, 5.74) is 22.0. The lowest BCUT2D eigenvalue weighted by atomic mass is 9.32. The van der Waals surface area contributed by atoms with Crippen molar-refractivity contribution in [1.82, 2.24) is 0 Å². The van der Waals surface area contributed by atoms with Crippen LogP contribution in [-0.2, 0) is 36.5 Å². The van der Waals surface area contributed by atoms with E-state index in [4.69, 9.17) is 0 Å². The quantitative estimate of drug-likeness (QED) is 0.121. The Labute approximate surface area is 443 Å². The van der Waals surface area contributed by atoms with Gasteiger partial charge in [-0.2, -0.15) is 0 Å². The van der Waals surface area contributed by atoms with E-state index in [-0.39, 0.29) is 17.5 Å². The van der Waals surface area contributed by atoms with Gasteiger partial charge in [-0.25, -0.2) is 0 Å². The van der Waals surface area contributed by atoms with E-state index in [0.717, 1.165) is 38.5 Å². The van der Waals surface area contributed by atoms with Crippen molar-refractivity contribution in [2.75, 3.05) is 9.80 Å². The van der Waals surface area contributed by atoms with Gasteiger partial charge in [0.1, 0.15) is 0 Å². The Bertz CT molecular complexity index is 3910. The average molecular weight is 969 g/mol. The Hall–Kier alpha value is -7.36. The van der Waals surface area contributed by atoms with Crippen molar-refractivity contribution in [3.05, 3.63) is 197 Å². The molecule has 15 rings (SSSR count). The van der Waals surface area contributed by atoms with Crippen LogP contribution in [0.1, 0.15) is 113 Å². The van der Waals surface area contributed by atoms with Crippen LogP contribution in [0.2, 0.25) is 0 Å². The zero-order valence-corrected chi connectivity index (χ0v) is 44.6. The van der Waals surface area contributed by atoms with Gasteiger partial charge in [-0.1, -0.05) is 169 Å². The second-order valence-corrected chi connectivity index (χ2v) is 24.0. The van der Waals surface area contributed by atoms with Crippen molar-refractivity contribution in [1.29, 1.82) is 0 Å². The molecule has 75 heavy (non-hydrogen) atoms. The standard InChI is InChI=1S/C72H65BN2/c1-7-71(3,4)62-42-64-69(58-32-19-17-30-56(58)62)74(44-36-38-54-50-26-11-9-22-46(50)48-24-13-15-28-52(48)60(54)40-44)66-34-21-35-67-68(66)73(64)65-43-63(72(5,6)8-2)57-31-18-20-33-59(57)70(65)75(67)45-37-39-55-51-27-12-10-23-47(51)49-25-14-16-29-53(49)61(55)41-45/h9-16,21-29,34-43H,7-8,17-20,30-33H2,1-6H3. The number of anilines is 6. The molecule has 0 fully saturated rings. The molecule has 3 heteroatoms. The van der Waals surface area contributed by atoms with Crippen LogP contribution in [-0.4, -0.2) is 6.71 Å². The van der Waals surface area contributed by atoms with Gasteiger partial charge in [-0.15, -0.1) is 0 Å². The largest absolute Gasteiger partial charge is 0.311 e. The normalized spacial score (nSPS) is 15.2. The number of hydrogen-bond acceptors (Lipinski definition) is 2. The van der Waals surface area contributed by atoms with Gasteiger partial charge >= 0.3 is 0 Å². The zero-order chi connectivity index (χ0) is 50.5. The molecule has 2 nitrogen and oxygen atoms in total. The van der Waals surface area contributed by atoms with Crippen LogP contribution in [0.25, 0.3) is 64.6 Å². The van der Waals surface area contributed by atoms with Gasteiger partial charge in [0.05, 0.1) is 0 Å². The molecule has 0 N–H and O–H groups in total. The molecule has 0 spiro atoms. The van der Waals surface area contributed by atoms with E-state index >= 15 is 0 Å². The minimum absolute atomic E-state index is 0.0246. The molecule has 0 unspecified atom stereocenters. The van der Waals surface area contributed by atoms with E-state index in [1.165, 1.54) is 141 Å². The third-order valence-electron chi connectivity index (χ3n) is 19.4. The summed E-state index contributed by atoms with van der Waals surface area (Å²) < 4.78 is 0. The molecule has 2 aliphatic carbocycles. The molecule has 0 amide bonds. The maximum absolute atomic E-state index is 2.77. The van der Waals surface area contributed by atoms with E-state index in [9.17, 15) is 0 Å². The summed E-state index contributed by atoms with van der Waals surface area (Å²) in [6.07, 6.45) is 11.6. The monoisotopic (exact) mass is 969 g/mol. The summed E-state index contributed by atoms with van der Waals surface area (Å²) in [6, 6.07) is 64.0. The lowest BCUT2D eigenvalue weighted by molar-refractivity contribution is 0.496. The number of benzene rings is 11. The van der Waals surface area contributed by atoms with Gasteiger partial charge in [-0.05, 0) is 226 Å². The lowest BCUT2D eigenvalue weighted by Crippen LogP contribution is -2.62. The van der Waals surface area contributed by atoms with Gasteiger partial charge in [0, 0.05) is 34.1 Å².